The topological polar surface area (TPSA) is 62.5 Å². The van der Waals surface area contributed by atoms with Crippen LogP contribution in [0.2, 0.25) is 0 Å². The van der Waals surface area contributed by atoms with Crippen LogP contribution in [-0.2, 0) is 11.3 Å². The molecule has 0 aliphatic carbocycles. The van der Waals surface area contributed by atoms with Crippen molar-refractivity contribution in [3.05, 3.63) is 23.7 Å². The van der Waals surface area contributed by atoms with E-state index >= 15 is 0 Å². The molecule has 0 amide bonds. The lowest BCUT2D eigenvalue weighted by Gasteiger charge is -2.15. The summed E-state index contributed by atoms with van der Waals surface area (Å²) >= 11 is 0. The Hall–Kier alpha value is -1.29. The smallest absolute Gasteiger partial charge is 0.307 e. The van der Waals surface area contributed by atoms with E-state index in [9.17, 15) is 4.79 Å². The number of carbonyl (C=O) groups is 1. The minimum atomic E-state index is -0.734. The fourth-order valence-electron chi connectivity index (χ4n) is 1.79. The van der Waals surface area contributed by atoms with Crippen molar-refractivity contribution >= 4 is 5.97 Å². The number of rotatable bonds is 7. The summed E-state index contributed by atoms with van der Waals surface area (Å²) in [5.74, 6) is 0.203. The molecule has 0 fully saturated rings. The molecule has 2 N–H and O–H groups in total. The van der Waals surface area contributed by atoms with Gasteiger partial charge in [0, 0.05) is 6.54 Å². The van der Waals surface area contributed by atoms with Crippen LogP contribution in [0.1, 0.15) is 31.6 Å². The van der Waals surface area contributed by atoms with Crippen molar-refractivity contribution in [3.63, 3.8) is 0 Å². The van der Waals surface area contributed by atoms with Gasteiger partial charge in [-0.1, -0.05) is 13.8 Å². The summed E-state index contributed by atoms with van der Waals surface area (Å²) in [6, 6.07) is 1.90. The van der Waals surface area contributed by atoms with E-state index in [4.69, 9.17) is 9.52 Å². The van der Waals surface area contributed by atoms with Gasteiger partial charge in [0.2, 0.25) is 0 Å². The average molecular weight is 239 g/mol. The van der Waals surface area contributed by atoms with E-state index < -0.39 is 5.97 Å². The van der Waals surface area contributed by atoms with Crippen LogP contribution in [0.15, 0.2) is 16.7 Å². The Morgan fingerprint density at radius 1 is 1.53 bits per heavy atom. The van der Waals surface area contributed by atoms with E-state index in [0.29, 0.717) is 25.4 Å². The second kappa shape index (κ2) is 6.45. The van der Waals surface area contributed by atoms with Crippen LogP contribution in [0.25, 0.3) is 0 Å². The number of carboxylic acid groups (broad SMARTS) is 1. The molecule has 17 heavy (non-hydrogen) atoms. The van der Waals surface area contributed by atoms with E-state index in [2.05, 4.69) is 5.32 Å². The molecule has 1 aromatic rings. The van der Waals surface area contributed by atoms with Crippen molar-refractivity contribution < 1.29 is 14.3 Å². The molecule has 0 aliphatic rings. The first-order chi connectivity index (χ1) is 8.00. The Bertz CT molecular complexity index is 357. The number of hydrogen-bond donors (Lipinski definition) is 2. The van der Waals surface area contributed by atoms with Crippen LogP contribution >= 0.6 is 0 Å². The third-order valence-corrected chi connectivity index (χ3v) is 2.75. The number of furan rings is 1. The van der Waals surface area contributed by atoms with E-state index in [-0.39, 0.29) is 5.92 Å². The Labute approximate surface area is 102 Å². The predicted octanol–water partition coefficient (Wildman–Crippen LogP) is 2.42. The fourth-order valence-corrected chi connectivity index (χ4v) is 1.79. The largest absolute Gasteiger partial charge is 0.481 e. The molecule has 1 aromatic heterocycles. The lowest BCUT2D eigenvalue weighted by atomic mass is 9.97. The lowest BCUT2D eigenvalue weighted by molar-refractivity contribution is -0.142. The van der Waals surface area contributed by atoms with Crippen LogP contribution in [0, 0.1) is 18.8 Å². The monoisotopic (exact) mass is 239 g/mol. The molecular weight excluding hydrogens is 218 g/mol. The molecule has 1 heterocycles. The lowest BCUT2D eigenvalue weighted by Crippen LogP contribution is -2.29. The Balaban J connectivity index is 2.37. The van der Waals surface area contributed by atoms with Gasteiger partial charge in [-0.2, -0.15) is 0 Å². The van der Waals surface area contributed by atoms with E-state index in [1.165, 1.54) is 0 Å². The maximum Gasteiger partial charge on any atom is 0.307 e. The SMILES string of the molecule is Cc1ccoc1CNCC(CC(C)C)C(=O)O. The highest BCUT2D eigenvalue weighted by molar-refractivity contribution is 5.70. The number of aliphatic carboxylic acids is 1. The van der Waals surface area contributed by atoms with Gasteiger partial charge >= 0.3 is 5.97 Å². The van der Waals surface area contributed by atoms with Gasteiger partial charge in [-0.05, 0) is 30.9 Å². The quantitative estimate of drug-likeness (QED) is 0.767. The van der Waals surface area contributed by atoms with Crippen LogP contribution < -0.4 is 5.32 Å². The van der Waals surface area contributed by atoms with Crippen molar-refractivity contribution in [2.45, 2.75) is 33.7 Å². The van der Waals surface area contributed by atoms with Gasteiger partial charge in [-0.3, -0.25) is 4.79 Å². The molecular formula is C13H21NO3. The number of aryl methyl sites for hydroxylation is 1. The van der Waals surface area contributed by atoms with Gasteiger partial charge in [0.15, 0.2) is 0 Å². The normalized spacial score (nSPS) is 12.9. The second-order valence-electron chi connectivity index (χ2n) is 4.82. The first-order valence-corrected chi connectivity index (χ1v) is 5.97. The van der Waals surface area contributed by atoms with Crippen molar-refractivity contribution in [3.8, 4) is 0 Å². The number of carboxylic acids is 1. The Morgan fingerprint density at radius 3 is 2.71 bits per heavy atom. The molecule has 0 bridgehead atoms. The summed E-state index contributed by atoms with van der Waals surface area (Å²) in [6.07, 6.45) is 2.34. The zero-order valence-corrected chi connectivity index (χ0v) is 10.7. The first-order valence-electron chi connectivity index (χ1n) is 5.97. The first kappa shape index (κ1) is 13.8. The molecule has 96 valence electrons. The van der Waals surface area contributed by atoms with Crippen molar-refractivity contribution in [2.24, 2.45) is 11.8 Å². The molecule has 0 saturated heterocycles. The van der Waals surface area contributed by atoms with Crippen molar-refractivity contribution in [2.75, 3.05) is 6.54 Å². The molecule has 4 heteroatoms. The fraction of sp³-hybridized carbons (Fsp3) is 0.615. The van der Waals surface area contributed by atoms with Crippen molar-refractivity contribution in [1.82, 2.24) is 5.32 Å². The number of nitrogens with one attached hydrogen (secondary N) is 1. The molecule has 0 saturated carbocycles. The van der Waals surface area contributed by atoms with Gasteiger partial charge in [0.05, 0.1) is 18.7 Å². The van der Waals surface area contributed by atoms with E-state index in [0.717, 1.165) is 11.3 Å². The minimum Gasteiger partial charge on any atom is -0.481 e. The molecule has 1 atom stereocenters. The summed E-state index contributed by atoms with van der Waals surface area (Å²) in [6.45, 7) is 7.11. The Morgan fingerprint density at radius 2 is 2.24 bits per heavy atom. The summed E-state index contributed by atoms with van der Waals surface area (Å²) in [5.41, 5.74) is 1.09. The maximum atomic E-state index is 11.0. The van der Waals surface area contributed by atoms with Crippen LogP contribution in [-0.4, -0.2) is 17.6 Å². The minimum absolute atomic E-state index is 0.328. The molecule has 0 spiro atoms. The molecule has 0 aliphatic heterocycles. The Kier molecular flexibility index (Phi) is 5.22. The molecule has 1 unspecified atom stereocenters. The zero-order valence-electron chi connectivity index (χ0n) is 10.7. The van der Waals surface area contributed by atoms with E-state index in [1.54, 1.807) is 6.26 Å². The second-order valence-corrected chi connectivity index (χ2v) is 4.82. The number of hydrogen-bond acceptors (Lipinski definition) is 3. The van der Waals surface area contributed by atoms with Gasteiger partial charge in [-0.15, -0.1) is 0 Å². The molecule has 1 rings (SSSR count). The van der Waals surface area contributed by atoms with Crippen molar-refractivity contribution in [1.29, 1.82) is 0 Å². The standard InChI is InChI=1S/C13H21NO3/c1-9(2)6-11(13(15)16)7-14-8-12-10(3)4-5-17-12/h4-5,9,11,14H,6-8H2,1-3H3,(H,15,16). The van der Waals surface area contributed by atoms with Gasteiger partial charge < -0.3 is 14.8 Å². The summed E-state index contributed by atoms with van der Waals surface area (Å²) in [7, 11) is 0. The summed E-state index contributed by atoms with van der Waals surface area (Å²) < 4.78 is 5.28. The highest BCUT2D eigenvalue weighted by atomic mass is 16.4. The summed E-state index contributed by atoms with van der Waals surface area (Å²) in [4.78, 5) is 11.0. The zero-order chi connectivity index (χ0) is 12.8. The highest BCUT2D eigenvalue weighted by Gasteiger charge is 2.18. The summed E-state index contributed by atoms with van der Waals surface area (Å²) in [5, 5.41) is 12.2. The van der Waals surface area contributed by atoms with Crippen LogP contribution in [0.5, 0.6) is 0 Å². The predicted molar refractivity (Wildman–Crippen MR) is 65.7 cm³/mol. The third-order valence-electron chi connectivity index (χ3n) is 2.75. The van der Waals surface area contributed by atoms with Gasteiger partial charge in [0.1, 0.15) is 5.76 Å². The van der Waals surface area contributed by atoms with Gasteiger partial charge in [-0.25, -0.2) is 0 Å². The maximum absolute atomic E-state index is 11.0. The van der Waals surface area contributed by atoms with E-state index in [1.807, 2.05) is 26.8 Å². The molecule has 0 radical (unpaired) electrons. The van der Waals surface area contributed by atoms with Gasteiger partial charge in [0.25, 0.3) is 0 Å². The van der Waals surface area contributed by atoms with Crippen LogP contribution in [0.4, 0.5) is 0 Å². The highest BCUT2D eigenvalue weighted by Crippen LogP contribution is 2.12. The third kappa shape index (κ3) is 4.61. The average Bonchev–Trinajstić information content (AvgIpc) is 2.62. The molecule has 0 aromatic carbocycles. The van der Waals surface area contributed by atoms with Crippen LogP contribution in [0.3, 0.4) is 0 Å². The molecule has 4 nitrogen and oxygen atoms in total.